The van der Waals surface area contributed by atoms with Crippen molar-refractivity contribution in [2.75, 3.05) is 6.61 Å². The van der Waals surface area contributed by atoms with Crippen molar-refractivity contribution < 1.29 is 9.53 Å². The van der Waals surface area contributed by atoms with Gasteiger partial charge in [-0.05, 0) is 19.1 Å². The number of nitrogens with two attached hydrogens (primary N) is 1. The molecule has 0 aliphatic heterocycles. The van der Waals surface area contributed by atoms with Gasteiger partial charge in [-0.2, -0.15) is 0 Å². The van der Waals surface area contributed by atoms with Gasteiger partial charge in [0.15, 0.2) is 4.77 Å². The smallest absolute Gasteiger partial charge is 0.323 e. The van der Waals surface area contributed by atoms with Crippen molar-refractivity contribution in [3.05, 3.63) is 26.9 Å². The summed E-state index contributed by atoms with van der Waals surface area (Å²) in [5, 5.41) is 0. The van der Waals surface area contributed by atoms with Gasteiger partial charge in [-0.3, -0.25) is 14.6 Å². The highest BCUT2D eigenvalue weighted by molar-refractivity contribution is 7.71. The summed E-state index contributed by atoms with van der Waals surface area (Å²) in [6.07, 6.45) is 0.187. The summed E-state index contributed by atoms with van der Waals surface area (Å²) in [4.78, 5) is 27.5. The molecule has 4 N–H and O–H groups in total. The molecule has 88 valence electrons. The van der Waals surface area contributed by atoms with E-state index in [4.69, 9.17) is 22.7 Å². The third kappa shape index (κ3) is 3.59. The van der Waals surface area contributed by atoms with Gasteiger partial charge in [0.1, 0.15) is 6.04 Å². The lowest BCUT2D eigenvalue weighted by atomic mass is 10.1. The first-order chi connectivity index (χ1) is 7.52. The monoisotopic (exact) mass is 243 g/mol. The summed E-state index contributed by atoms with van der Waals surface area (Å²) in [5.74, 6) is -0.498. The van der Waals surface area contributed by atoms with Crippen LogP contribution in [0.15, 0.2) is 10.9 Å². The standard InChI is InChI=1S/C9H13N3O3S/c1-2-15-8(14)6(10)3-5-4-7(13)12-9(16)11-5/h4,6H,2-3,10H2,1H3,(H2,11,12,13,16). The first-order valence-electron chi connectivity index (χ1n) is 4.77. The van der Waals surface area contributed by atoms with Gasteiger partial charge in [-0.1, -0.05) is 0 Å². The van der Waals surface area contributed by atoms with E-state index in [1.165, 1.54) is 6.07 Å². The second-order valence-electron chi connectivity index (χ2n) is 3.18. The van der Waals surface area contributed by atoms with Crippen LogP contribution in [0.1, 0.15) is 12.6 Å². The van der Waals surface area contributed by atoms with Crippen LogP contribution in [0.2, 0.25) is 0 Å². The average molecular weight is 243 g/mol. The third-order valence-corrected chi connectivity index (χ3v) is 2.05. The molecule has 1 atom stereocenters. The molecule has 0 saturated heterocycles. The summed E-state index contributed by atoms with van der Waals surface area (Å²) in [7, 11) is 0. The lowest BCUT2D eigenvalue weighted by molar-refractivity contribution is -0.144. The molecule has 0 aliphatic rings. The topological polar surface area (TPSA) is 101 Å². The molecule has 0 spiro atoms. The Kier molecular flexibility index (Phi) is 4.39. The Morgan fingerprint density at radius 1 is 1.62 bits per heavy atom. The van der Waals surface area contributed by atoms with Crippen molar-refractivity contribution in [1.82, 2.24) is 9.97 Å². The second-order valence-corrected chi connectivity index (χ2v) is 3.58. The van der Waals surface area contributed by atoms with Gasteiger partial charge in [-0.15, -0.1) is 0 Å². The fourth-order valence-corrected chi connectivity index (χ4v) is 1.43. The van der Waals surface area contributed by atoms with Crippen LogP contribution in [-0.2, 0) is 16.0 Å². The number of aromatic nitrogens is 2. The lowest BCUT2D eigenvalue weighted by Crippen LogP contribution is -2.35. The molecule has 1 aromatic rings. The molecule has 0 aromatic carbocycles. The van der Waals surface area contributed by atoms with Gasteiger partial charge in [-0.25, -0.2) is 0 Å². The predicted molar refractivity (Wildman–Crippen MR) is 60.6 cm³/mol. The van der Waals surface area contributed by atoms with Crippen molar-refractivity contribution >= 4 is 18.2 Å². The van der Waals surface area contributed by atoms with Crippen LogP contribution in [-0.4, -0.2) is 28.6 Å². The van der Waals surface area contributed by atoms with Gasteiger partial charge >= 0.3 is 5.97 Å². The minimum atomic E-state index is -0.799. The fraction of sp³-hybridized carbons (Fsp3) is 0.444. The van der Waals surface area contributed by atoms with E-state index in [0.717, 1.165) is 0 Å². The normalized spacial score (nSPS) is 12.1. The molecule has 7 heteroatoms. The third-order valence-electron chi connectivity index (χ3n) is 1.85. The van der Waals surface area contributed by atoms with E-state index in [2.05, 4.69) is 9.97 Å². The SMILES string of the molecule is CCOC(=O)C(N)Cc1cc(=O)[nH]c(=S)[nH]1. The summed E-state index contributed by atoms with van der Waals surface area (Å²) in [6, 6.07) is 0.516. The number of ether oxygens (including phenoxy) is 1. The van der Waals surface area contributed by atoms with Crippen molar-refractivity contribution in [3.8, 4) is 0 Å². The van der Waals surface area contributed by atoms with Crippen LogP contribution in [0.5, 0.6) is 0 Å². The molecule has 1 aromatic heterocycles. The van der Waals surface area contributed by atoms with Gasteiger partial charge in [0.05, 0.1) is 6.61 Å². The van der Waals surface area contributed by atoms with Gasteiger partial charge in [0.2, 0.25) is 0 Å². The number of aromatic amines is 2. The van der Waals surface area contributed by atoms with Gasteiger partial charge in [0.25, 0.3) is 5.56 Å². The molecule has 1 unspecified atom stereocenters. The zero-order valence-electron chi connectivity index (χ0n) is 8.78. The summed E-state index contributed by atoms with van der Waals surface area (Å²) >= 11 is 4.79. The highest BCUT2D eigenvalue weighted by Crippen LogP contribution is 1.97. The second kappa shape index (κ2) is 5.57. The Morgan fingerprint density at radius 3 is 2.88 bits per heavy atom. The molecule has 16 heavy (non-hydrogen) atoms. The summed E-state index contributed by atoms with van der Waals surface area (Å²) in [5.41, 5.74) is 5.78. The molecule has 0 radical (unpaired) electrons. The molecule has 1 heterocycles. The molecule has 1 rings (SSSR count). The number of hydrogen-bond donors (Lipinski definition) is 3. The lowest BCUT2D eigenvalue weighted by Gasteiger charge is -2.09. The average Bonchev–Trinajstić information content (AvgIpc) is 2.16. The zero-order chi connectivity index (χ0) is 12.1. The summed E-state index contributed by atoms with van der Waals surface area (Å²) in [6.45, 7) is 1.98. The fourth-order valence-electron chi connectivity index (χ4n) is 1.20. The maximum Gasteiger partial charge on any atom is 0.323 e. The zero-order valence-corrected chi connectivity index (χ0v) is 9.60. The molecular formula is C9H13N3O3S. The van der Waals surface area contributed by atoms with Gasteiger partial charge in [0, 0.05) is 18.2 Å². The Bertz CT molecular complexity index is 451. The first kappa shape index (κ1) is 12.6. The van der Waals surface area contributed by atoms with Crippen LogP contribution < -0.4 is 11.3 Å². The van der Waals surface area contributed by atoms with E-state index in [1.807, 2.05) is 0 Å². The molecule has 0 saturated carbocycles. The number of nitrogens with one attached hydrogen (secondary N) is 2. The molecular weight excluding hydrogens is 230 g/mol. The van der Waals surface area contributed by atoms with Crippen molar-refractivity contribution in [3.63, 3.8) is 0 Å². The van der Waals surface area contributed by atoms with E-state index in [1.54, 1.807) is 6.92 Å². The van der Waals surface area contributed by atoms with Crippen molar-refractivity contribution in [2.24, 2.45) is 5.73 Å². The minimum absolute atomic E-state index is 0.187. The van der Waals surface area contributed by atoms with Crippen LogP contribution in [0.4, 0.5) is 0 Å². The van der Waals surface area contributed by atoms with E-state index in [-0.39, 0.29) is 23.4 Å². The van der Waals surface area contributed by atoms with E-state index < -0.39 is 12.0 Å². The molecule has 0 fully saturated rings. The summed E-state index contributed by atoms with van der Waals surface area (Å²) < 4.78 is 4.95. The van der Waals surface area contributed by atoms with Crippen LogP contribution >= 0.6 is 12.2 Å². The van der Waals surface area contributed by atoms with E-state index in [9.17, 15) is 9.59 Å². The number of rotatable bonds is 4. The largest absolute Gasteiger partial charge is 0.465 e. The van der Waals surface area contributed by atoms with Gasteiger partial charge < -0.3 is 15.5 Å². The minimum Gasteiger partial charge on any atom is -0.465 e. The predicted octanol–water partition coefficient (Wildman–Crippen LogP) is -0.135. The van der Waals surface area contributed by atoms with E-state index in [0.29, 0.717) is 5.69 Å². The number of carbonyl (C=O) groups is 1. The Labute approximate surface area is 96.8 Å². The quantitative estimate of drug-likeness (QED) is 0.505. The Morgan fingerprint density at radius 2 is 2.31 bits per heavy atom. The maximum absolute atomic E-state index is 11.2. The highest BCUT2D eigenvalue weighted by atomic mass is 32.1. The first-order valence-corrected chi connectivity index (χ1v) is 5.18. The number of esters is 1. The van der Waals surface area contributed by atoms with E-state index >= 15 is 0 Å². The molecule has 0 bridgehead atoms. The Hall–Kier alpha value is -1.47. The number of H-pyrrole nitrogens is 2. The van der Waals surface area contributed by atoms with Crippen LogP contribution in [0.3, 0.4) is 0 Å². The molecule has 0 aliphatic carbocycles. The highest BCUT2D eigenvalue weighted by Gasteiger charge is 2.15. The van der Waals surface area contributed by atoms with Crippen molar-refractivity contribution in [1.29, 1.82) is 0 Å². The van der Waals surface area contributed by atoms with Crippen LogP contribution in [0, 0.1) is 4.77 Å². The maximum atomic E-state index is 11.2. The molecule has 6 nitrogen and oxygen atoms in total. The van der Waals surface area contributed by atoms with Crippen LogP contribution in [0.25, 0.3) is 0 Å². The number of hydrogen-bond acceptors (Lipinski definition) is 5. The molecule has 0 amide bonds. The van der Waals surface area contributed by atoms with Crippen molar-refractivity contribution in [2.45, 2.75) is 19.4 Å². The number of carbonyl (C=O) groups excluding carboxylic acids is 1. The Balaban J connectivity index is 2.76.